The number of rotatable bonds is 3. The van der Waals surface area contributed by atoms with E-state index in [1.165, 1.54) is 6.92 Å². The van der Waals surface area contributed by atoms with Crippen molar-refractivity contribution in [3.05, 3.63) is 0 Å². The van der Waals surface area contributed by atoms with Crippen molar-refractivity contribution in [1.29, 1.82) is 0 Å². The number of aliphatic hydroxyl groups excluding tert-OH is 1. The van der Waals surface area contributed by atoms with Crippen LogP contribution in [0, 0.1) is 11.8 Å². The number of ether oxygens (including phenoxy) is 1. The lowest BCUT2D eigenvalue weighted by Crippen LogP contribution is -2.53. The second kappa shape index (κ2) is 4.82. The molecular weight excluding hydrogens is 208 g/mol. The normalized spacial score (nSPS) is 40.1. The second-order valence-corrected chi connectivity index (χ2v) is 5.28. The maximum absolute atomic E-state index is 11.1. The summed E-state index contributed by atoms with van der Waals surface area (Å²) < 4.78 is 5.60. The minimum absolute atomic E-state index is 0.0211. The lowest BCUT2D eigenvalue weighted by atomic mass is 9.82. The molecule has 0 radical (unpaired) electrons. The van der Waals surface area contributed by atoms with Gasteiger partial charge in [-0.2, -0.15) is 0 Å². The zero-order valence-electron chi connectivity index (χ0n) is 10.4. The summed E-state index contributed by atoms with van der Waals surface area (Å²) in [5, 5.41) is 20.0. The molecule has 0 saturated carbocycles. The van der Waals surface area contributed by atoms with E-state index < -0.39 is 11.9 Å². The Labute approximate surface area is 96.6 Å². The summed E-state index contributed by atoms with van der Waals surface area (Å²) >= 11 is 0. The van der Waals surface area contributed by atoms with Crippen LogP contribution in [0.4, 0.5) is 0 Å². The third-order valence-corrected chi connectivity index (χ3v) is 3.19. The van der Waals surface area contributed by atoms with Crippen molar-refractivity contribution in [3.8, 4) is 0 Å². The molecule has 1 rings (SSSR count). The Hall–Kier alpha value is -0.450. The number of Topliss-reactive ketones (excluding diaryl/α,β-unsaturated/α-hetero) is 1. The van der Waals surface area contributed by atoms with Gasteiger partial charge in [-0.05, 0) is 12.8 Å². The summed E-state index contributed by atoms with van der Waals surface area (Å²) in [5.74, 6) is -1.45. The van der Waals surface area contributed by atoms with Crippen molar-refractivity contribution in [3.63, 3.8) is 0 Å². The minimum atomic E-state index is -1.49. The van der Waals surface area contributed by atoms with Gasteiger partial charge in [-0.15, -0.1) is 0 Å². The van der Waals surface area contributed by atoms with E-state index in [1.807, 2.05) is 20.8 Å². The molecule has 0 spiro atoms. The van der Waals surface area contributed by atoms with Gasteiger partial charge in [0.15, 0.2) is 5.79 Å². The van der Waals surface area contributed by atoms with Crippen LogP contribution in [0.1, 0.15) is 40.5 Å². The van der Waals surface area contributed by atoms with E-state index in [4.69, 9.17) is 4.74 Å². The first-order valence-corrected chi connectivity index (χ1v) is 5.83. The molecule has 0 aromatic carbocycles. The molecule has 4 nitrogen and oxygen atoms in total. The zero-order valence-corrected chi connectivity index (χ0v) is 10.4. The van der Waals surface area contributed by atoms with Gasteiger partial charge in [0.2, 0.25) is 0 Å². The topological polar surface area (TPSA) is 66.8 Å². The Bertz CT molecular complexity index is 264. The van der Waals surface area contributed by atoms with Crippen molar-refractivity contribution in [1.82, 2.24) is 0 Å². The van der Waals surface area contributed by atoms with Crippen molar-refractivity contribution >= 4 is 5.78 Å². The Morgan fingerprint density at radius 1 is 1.56 bits per heavy atom. The highest BCUT2D eigenvalue weighted by atomic mass is 16.6. The van der Waals surface area contributed by atoms with Crippen LogP contribution in [0.3, 0.4) is 0 Å². The number of ketones is 1. The van der Waals surface area contributed by atoms with Crippen LogP contribution in [-0.4, -0.2) is 34.0 Å². The number of aliphatic hydroxyl groups is 2. The fourth-order valence-corrected chi connectivity index (χ4v) is 2.39. The van der Waals surface area contributed by atoms with Crippen LogP contribution in [0.5, 0.6) is 0 Å². The molecule has 1 aliphatic rings. The number of hydrogen-bond acceptors (Lipinski definition) is 4. The average Bonchev–Trinajstić information content (AvgIpc) is 2.09. The number of carbonyl (C=O) groups excluding carboxylic acids is 1. The smallest absolute Gasteiger partial charge is 0.175 e. The van der Waals surface area contributed by atoms with Crippen LogP contribution < -0.4 is 0 Å². The zero-order chi connectivity index (χ0) is 12.5. The number of carbonyl (C=O) groups is 1. The van der Waals surface area contributed by atoms with Crippen molar-refractivity contribution in [2.45, 2.75) is 58.5 Å². The van der Waals surface area contributed by atoms with Gasteiger partial charge in [0.25, 0.3) is 0 Å². The molecule has 94 valence electrons. The first-order valence-electron chi connectivity index (χ1n) is 5.83. The average molecular weight is 230 g/mol. The molecular formula is C12H22O4. The molecule has 1 unspecified atom stereocenters. The summed E-state index contributed by atoms with van der Waals surface area (Å²) in [6, 6.07) is 0. The van der Waals surface area contributed by atoms with Gasteiger partial charge in [0.05, 0.1) is 18.6 Å². The fraction of sp³-hybridized carbons (Fsp3) is 0.917. The summed E-state index contributed by atoms with van der Waals surface area (Å²) in [4.78, 5) is 11.1. The molecule has 0 aromatic heterocycles. The molecule has 0 amide bonds. The third-order valence-electron chi connectivity index (χ3n) is 3.19. The van der Waals surface area contributed by atoms with E-state index in [1.54, 1.807) is 0 Å². The van der Waals surface area contributed by atoms with Crippen molar-refractivity contribution in [2.24, 2.45) is 11.8 Å². The van der Waals surface area contributed by atoms with Gasteiger partial charge in [0, 0.05) is 12.3 Å². The van der Waals surface area contributed by atoms with Gasteiger partial charge in [0.1, 0.15) is 5.78 Å². The molecule has 2 N–H and O–H groups in total. The predicted molar refractivity (Wildman–Crippen MR) is 59.7 cm³/mol. The molecule has 16 heavy (non-hydrogen) atoms. The Morgan fingerprint density at radius 3 is 2.56 bits per heavy atom. The van der Waals surface area contributed by atoms with E-state index in [9.17, 15) is 15.0 Å². The van der Waals surface area contributed by atoms with Gasteiger partial charge in [-0.3, -0.25) is 4.79 Å². The Balaban J connectivity index is 2.80. The summed E-state index contributed by atoms with van der Waals surface area (Å²) in [7, 11) is 0. The molecule has 1 fully saturated rings. The Morgan fingerprint density at radius 2 is 2.12 bits per heavy atom. The fourth-order valence-electron chi connectivity index (χ4n) is 2.39. The van der Waals surface area contributed by atoms with Crippen LogP contribution in [0.15, 0.2) is 0 Å². The first-order chi connectivity index (χ1) is 7.25. The first kappa shape index (κ1) is 13.6. The third kappa shape index (κ3) is 3.03. The molecule has 4 atom stereocenters. The van der Waals surface area contributed by atoms with Crippen LogP contribution in [0.2, 0.25) is 0 Å². The Kier molecular flexibility index (Phi) is 4.10. The maximum Gasteiger partial charge on any atom is 0.175 e. The lowest BCUT2D eigenvalue weighted by Gasteiger charge is -2.44. The van der Waals surface area contributed by atoms with Crippen LogP contribution in [-0.2, 0) is 9.53 Å². The molecule has 1 heterocycles. The van der Waals surface area contributed by atoms with Crippen molar-refractivity contribution in [2.75, 3.05) is 0 Å². The van der Waals surface area contributed by atoms with Gasteiger partial charge >= 0.3 is 0 Å². The summed E-state index contributed by atoms with van der Waals surface area (Å²) in [6.45, 7) is 7.28. The maximum atomic E-state index is 11.1. The number of hydrogen-bond donors (Lipinski definition) is 2. The van der Waals surface area contributed by atoms with Gasteiger partial charge < -0.3 is 14.9 Å². The van der Waals surface area contributed by atoms with E-state index in [0.29, 0.717) is 0 Å². The summed E-state index contributed by atoms with van der Waals surface area (Å²) in [5.41, 5.74) is 0. The van der Waals surface area contributed by atoms with Gasteiger partial charge in [-0.1, -0.05) is 20.8 Å². The molecule has 1 aliphatic heterocycles. The molecule has 0 aliphatic carbocycles. The highest BCUT2D eigenvalue weighted by Crippen LogP contribution is 2.36. The predicted octanol–water partition coefficient (Wildman–Crippen LogP) is 1.10. The quantitative estimate of drug-likeness (QED) is 0.761. The largest absolute Gasteiger partial charge is 0.393 e. The van der Waals surface area contributed by atoms with Crippen LogP contribution >= 0.6 is 0 Å². The van der Waals surface area contributed by atoms with Gasteiger partial charge in [-0.25, -0.2) is 0 Å². The molecule has 0 aromatic rings. The van der Waals surface area contributed by atoms with E-state index in [-0.39, 0.29) is 36.6 Å². The molecule has 4 heteroatoms. The minimum Gasteiger partial charge on any atom is -0.393 e. The second-order valence-electron chi connectivity index (χ2n) is 5.28. The van der Waals surface area contributed by atoms with Crippen molar-refractivity contribution < 1.29 is 19.7 Å². The molecule has 0 bridgehead atoms. The standard InChI is InChI=1S/C12H22O4/c1-7(2)11-9(4)10(14)6-12(15,16-11)5-8(3)13/h7,9-11,14-15H,5-6H2,1-4H3/t9-,10-,11+,12?/m0/s1. The highest BCUT2D eigenvalue weighted by Gasteiger charge is 2.45. The van der Waals surface area contributed by atoms with E-state index in [0.717, 1.165) is 0 Å². The lowest BCUT2D eigenvalue weighted by molar-refractivity contribution is -0.294. The molecule has 1 saturated heterocycles. The highest BCUT2D eigenvalue weighted by molar-refractivity contribution is 5.76. The SMILES string of the molecule is CC(=O)CC1(O)C[C@H](O)[C@H](C)[C@@H](C(C)C)O1. The summed E-state index contributed by atoms with van der Waals surface area (Å²) in [6.07, 6.45) is -0.782. The monoisotopic (exact) mass is 230 g/mol. The van der Waals surface area contributed by atoms with E-state index in [2.05, 4.69) is 0 Å². The van der Waals surface area contributed by atoms with E-state index >= 15 is 0 Å². The van der Waals surface area contributed by atoms with Crippen LogP contribution in [0.25, 0.3) is 0 Å².